The predicted molar refractivity (Wildman–Crippen MR) is 75.6 cm³/mol. The summed E-state index contributed by atoms with van der Waals surface area (Å²) in [5.41, 5.74) is -1.44. The van der Waals surface area contributed by atoms with Crippen molar-refractivity contribution in [3.63, 3.8) is 0 Å². The van der Waals surface area contributed by atoms with Crippen molar-refractivity contribution in [2.45, 2.75) is 32.7 Å². The highest BCUT2D eigenvalue weighted by molar-refractivity contribution is 5.87. The van der Waals surface area contributed by atoms with Crippen molar-refractivity contribution in [3.05, 3.63) is 29.6 Å². The standard InChI is InChI=1S/C15H20FNO4/c1-5-8-17(10(2)18)15(3,14(19)20)11-6-7-13(21-4)12(16)9-11/h6-7,9H,5,8H2,1-4H3,(H,19,20). The van der Waals surface area contributed by atoms with E-state index in [-0.39, 0.29) is 23.8 Å². The first kappa shape index (κ1) is 16.9. The van der Waals surface area contributed by atoms with Crippen LogP contribution >= 0.6 is 0 Å². The second kappa shape index (κ2) is 6.56. The molecule has 1 aromatic carbocycles. The molecule has 21 heavy (non-hydrogen) atoms. The van der Waals surface area contributed by atoms with E-state index in [4.69, 9.17) is 4.74 Å². The number of ether oxygens (including phenoxy) is 1. The second-order valence-corrected chi connectivity index (χ2v) is 4.90. The Labute approximate surface area is 123 Å². The smallest absolute Gasteiger partial charge is 0.334 e. The highest BCUT2D eigenvalue weighted by Gasteiger charge is 2.43. The summed E-state index contributed by atoms with van der Waals surface area (Å²) in [6.07, 6.45) is 0.598. The third-order valence-electron chi connectivity index (χ3n) is 3.50. The molecule has 0 spiro atoms. The number of rotatable bonds is 6. The quantitative estimate of drug-likeness (QED) is 0.875. The van der Waals surface area contributed by atoms with Gasteiger partial charge in [-0.2, -0.15) is 0 Å². The molecule has 1 aromatic rings. The molecule has 116 valence electrons. The van der Waals surface area contributed by atoms with E-state index in [1.807, 2.05) is 6.92 Å². The van der Waals surface area contributed by atoms with Crippen LogP contribution in [0.5, 0.6) is 5.75 Å². The van der Waals surface area contributed by atoms with Gasteiger partial charge in [-0.3, -0.25) is 4.79 Å². The summed E-state index contributed by atoms with van der Waals surface area (Å²) < 4.78 is 18.7. The molecule has 0 aromatic heterocycles. The molecule has 0 aliphatic heterocycles. The molecule has 1 atom stereocenters. The summed E-state index contributed by atoms with van der Waals surface area (Å²) >= 11 is 0. The van der Waals surface area contributed by atoms with Crippen LogP contribution in [-0.2, 0) is 15.1 Å². The maximum Gasteiger partial charge on any atom is 0.334 e. The van der Waals surface area contributed by atoms with Gasteiger partial charge in [-0.1, -0.05) is 13.0 Å². The van der Waals surface area contributed by atoms with Gasteiger partial charge in [0.15, 0.2) is 17.1 Å². The van der Waals surface area contributed by atoms with Gasteiger partial charge in [0.05, 0.1) is 7.11 Å². The Bertz CT molecular complexity index is 546. The molecule has 1 N–H and O–H groups in total. The van der Waals surface area contributed by atoms with Crippen LogP contribution in [-0.4, -0.2) is 35.5 Å². The fourth-order valence-electron chi connectivity index (χ4n) is 2.28. The van der Waals surface area contributed by atoms with E-state index < -0.39 is 17.3 Å². The summed E-state index contributed by atoms with van der Waals surface area (Å²) in [5, 5.41) is 9.60. The highest BCUT2D eigenvalue weighted by atomic mass is 19.1. The Morgan fingerprint density at radius 2 is 2.05 bits per heavy atom. The van der Waals surface area contributed by atoms with E-state index in [0.717, 1.165) is 6.07 Å². The monoisotopic (exact) mass is 297 g/mol. The zero-order valence-electron chi connectivity index (χ0n) is 12.6. The summed E-state index contributed by atoms with van der Waals surface area (Å²) in [6.45, 7) is 4.81. The number of carbonyl (C=O) groups excluding carboxylic acids is 1. The minimum atomic E-state index is -1.63. The molecular formula is C15H20FNO4. The molecule has 6 heteroatoms. The molecule has 0 bridgehead atoms. The lowest BCUT2D eigenvalue weighted by molar-refractivity contribution is -0.158. The molecule has 0 saturated carbocycles. The van der Waals surface area contributed by atoms with Crippen LogP contribution in [0.25, 0.3) is 0 Å². The minimum absolute atomic E-state index is 0.0244. The van der Waals surface area contributed by atoms with E-state index >= 15 is 0 Å². The summed E-state index contributed by atoms with van der Waals surface area (Å²) in [7, 11) is 1.33. The van der Waals surface area contributed by atoms with Crippen LogP contribution in [0.1, 0.15) is 32.8 Å². The number of halogens is 1. The second-order valence-electron chi connectivity index (χ2n) is 4.90. The van der Waals surface area contributed by atoms with Crippen molar-refractivity contribution in [2.75, 3.05) is 13.7 Å². The van der Waals surface area contributed by atoms with E-state index in [1.54, 1.807) is 0 Å². The lowest BCUT2D eigenvalue weighted by atomic mass is 9.89. The van der Waals surface area contributed by atoms with E-state index in [2.05, 4.69) is 0 Å². The van der Waals surface area contributed by atoms with Crippen LogP contribution in [0.4, 0.5) is 4.39 Å². The van der Waals surface area contributed by atoms with Crippen LogP contribution in [0.2, 0.25) is 0 Å². The number of carboxylic acid groups (broad SMARTS) is 1. The van der Waals surface area contributed by atoms with Crippen LogP contribution < -0.4 is 4.74 Å². The molecule has 0 aliphatic rings. The Hall–Kier alpha value is -2.11. The largest absolute Gasteiger partial charge is 0.494 e. The number of carboxylic acids is 1. The van der Waals surface area contributed by atoms with Gasteiger partial charge in [-0.25, -0.2) is 9.18 Å². The van der Waals surface area contributed by atoms with Crippen molar-refractivity contribution in [1.29, 1.82) is 0 Å². The number of benzene rings is 1. The Morgan fingerprint density at radius 3 is 2.43 bits per heavy atom. The summed E-state index contributed by atoms with van der Waals surface area (Å²) in [5.74, 6) is -2.23. The zero-order chi connectivity index (χ0) is 16.2. The van der Waals surface area contributed by atoms with Crippen molar-refractivity contribution in [3.8, 4) is 5.75 Å². The van der Waals surface area contributed by atoms with E-state index in [9.17, 15) is 19.1 Å². The maximum atomic E-state index is 13.9. The normalized spacial score (nSPS) is 13.4. The van der Waals surface area contributed by atoms with Gasteiger partial charge in [-0.15, -0.1) is 0 Å². The molecule has 0 fully saturated rings. The lowest BCUT2D eigenvalue weighted by Crippen LogP contribution is -2.52. The van der Waals surface area contributed by atoms with Gasteiger partial charge in [-0.05, 0) is 31.0 Å². The molecule has 0 heterocycles. The topological polar surface area (TPSA) is 66.8 Å². The van der Waals surface area contributed by atoms with Gasteiger partial charge in [0.2, 0.25) is 5.91 Å². The molecule has 0 radical (unpaired) electrons. The van der Waals surface area contributed by atoms with E-state index in [1.165, 1.54) is 38.0 Å². The van der Waals surface area contributed by atoms with Crippen molar-refractivity contribution >= 4 is 11.9 Å². The van der Waals surface area contributed by atoms with E-state index in [0.29, 0.717) is 6.42 Å². The molecule has 0 saturated heterocycles. The molecule has 1 unspecified atom stereocenters. The van der Waals surface area contributed by atoms with Gasteiger partial charge in [0.1, 0.15) is 0 Å². The van der Waals surface area contributed by atoms with Gasteiger partial charge in [0.25, 0.3) is 0 Å². The number of nitrogens with zero attached hydrogens (tertiary/aromatic N) is 1. The number of hydrogen-bond donors (Lipinski definition) is 1. The van der Waals surface area contributed by atoms with Gasteiger partial charge in [0, 0.05) is 13.5 Å². The Morgan fingerprint density at radius 1 is 1.43 bits per heavy atom. The predicted octanol–water partition coefficient (Wildman–Crippen LogP) is 2.39. The van der Waals surface area contributed by atoms with Crippen molar-refractivity contribution in [1.82, 2.24) is 4.90 Å². The number of aliphatic carboxylic acids is 1. The third kappa shape index (κ3) is 3.15. The number of methoxy groups -OCH3 is 1. The van der Waals surface area contributed by atoms with Gasteiger partial charge >= 0.3 is 5.97 Å². The number of hydrogen-bond acceptors (Lipinski definition) is 3. The van der Waals surface area contributed by atoms with Crippen LogP contribution in [0, 0.1) is 5.82 Å². The first-order chi connectivity index (χ1) is 9.78. The lowest BCUT2D eigenvalue weighted by Gasteiger charge is -2.37. The third-order valence-corrected chi connectivity index (χ3v) is 3.50. The SMILES string of the molecule is CCCN(C(C)=O)C(C)(C(=O)O)c1ccc(OC)c(F)c1. The average molecular weight is 297 g/mol. The maximum absolute atomic E-state index is 13.9. The average Bonchev–Trinajstić information content (AvgIpc) is 2.43. The van der Waals surface area contributed by atoms with Crippen molar-refractivity contribution in [2.24, 2.45) is 0 Å². The summed E-state index contributed by atoms with van der Waals surface area (Å²) in [4.78, 5) is 24.8. The van der Waals surface area contributed by atoms with Crippen molar-refractivity contribution < 1.29 is 23.8 Å². The van der Waals surface area contributed by atoms with Gasteiger partial charge < -0.3 is 14.7 Å². The Kier molecular flexibility index (Phi) is 5.29. The molecule has 5 nitrogen and oxygen atoms in total. The number of amides is 1. The highest BCUT2D eigenvalue weighted by Crippen LogP contribution is 2.32. The fraction of sp³-hybridized carbons (Fsp3) is 0.467. The number of carbonyl (C=O) groups is 2. The molecule has 0 aliphatic carbocycles. The Balaban J connectivity index is 3.42. The molecule has 1 amide bonds. The molecular weight excluding hydrogens is 277 g/mol. The summed E-state index contributed by atoms with van der Waals surface area (Å²) in [6, 6.07) is 3.91. The minimum Gasteiger partial charge on any atom is -0.494 e. The first-order valence-corrected chi connectivity index (χ1v) is 6.64. The molecule has 1 rings (SSSR count). The first-order valence-electron chi connectivity index (χ1n) is 6.64. The van der Waals surface area contributed by atoms with Crippen LogP contribution in [0.3, 0.4) is 0 Å². The fourth-order valence-corrected chi connectivity index (χ4v) is 2.28. The zero-order valence-corrected chi connectivity index (χ0v) is 12.6. The van der Waals surface area contributed by atoms with Crippen LogP contribution in [0.15, 0.2) is 18.2 Å².